The first-order valence-electron chi connectivity index (χ1n) is 8.96. The quantitative estimate of drug-likeness (QED) is 0.724. The van der Waals surface area contributed by atoms with E-state index in [9.17, 15) is 4.79 Å². The highest BCUT2D eigenvalue weighted by atomic mass is 16.5. The van der Waals surface area contributed by atoms with Gasteiger partial charge < -0.3 is 14.5 Å². The zero-order chi connectivity index (χ0) is 17.8. The Labute approximate surface area is 147 Å². The predicted octanol–water partition coefficient (Wildman–Crippen LogP) is 1.07. The van der Waals surface area contributed by atoms with Crippen LogP contribution < -0.4 is 4.90 Å². The van der Waals surface area contributed by atoms with Crippen LogP contribution >= 0.6 is 0 Å². The number of piperazine rings is 1. The maximum Gasteiger partial charge on any atom is 0.306 e. The summed E-state index contributed by atoms with van der Waals surface area (Å²) in [6.07, 6.45) is 2.47. The molecule has 3 rings (SSSR count). The molecular formula is C17H26N6O2. The molecule has 1 aliphatic rings. The summed E-state index contributed by atoms with van der Waals surface area (Å²) in [6, 6.07) is 0. The fourth-order valence-corrected chi connectivity index (χ4v) is 3.32. The van der Waals surface area contributed by atoms with Crippen LogP contribution in [-0.4, -0.2) is 69.8 Å². The number of nitrogens with zero attached hydrogens (tertiary/aromatic N) is 6. The fraction of sp³-hybridized carbons (Fsp3) is 0.647. The number of rotatable bonds is 6. The Morgan fingerprint density at radius 3 is 2.68 bits per heavy atom. The number of aromatic nitrogens is 4. The number of aryl methyl sites for hydroxylation is 1. The molecule has 136 valence electrons. The molecule has 3 heterocycles. The second-order valence-electron chi connectivity index (χ2n) is 6.20. The van der Waals surface area contributed by atoms with Crippen molar-refractivity contribution in [3.63, 3.8) is 0 Å². The third kappa shape index (κ3) is 3.73. The first kappa shape index (κ1) is 17.6. The molecule has 0 aromatic carbocycles. The van der Waals surface area contributed by atoms with Gasteiger partial charge in [0.05, 0.1) is 6.61 Å². The number of ether oxygens (including phenoxy) is 1. The van der Waals surface area contributed by atoms with Crippen molar-refractivity contribution in [3.8, 4) is 0 Å². The van der Waals surface area contributed by atoms with Crippen molar-refractivity contribution in [2.45, 2.75) is 33.6 Å². The first-order chi connectivity index (χ1) is 12.1. The van der Waals surface area contributed by atoms with Gasteiger partial charge in [-0.3, -0.25) is 4.79 Å². The van der Waals surface area contributed by atoms with Crippen molar-refractivity contribution in [2.75, 3.05) is 44.2 Å². The molecule has 0 aliphatic carbocycles. The van der Waals surface area contributed by atoms with Crippen molar-refractivity contribution < 1.29 is 9.53 Å². The second-order valence-corrected chi connectivity index (χ2v) is 6.20. The second kappa shape index (κ2) is 7.77. The molecule has 0 unspecified atom stereocenters. The van der Waals surface area contributed by atoms with Crippen LogP contribution in [0.25, 0.3) is 5.78 Å². The van der Waals surface area contributed by atoms with E-state index in [1.807, 2.05) is 13.8 Å². The molecular weight excluding hydrogens is 320 g/mol. The monoisotopic (exact) mass is 346 g/mol. The SMILES string of the molecule is CCOC(=O)CCc1c(C)nc2ncnn2c1N1CCN(CC)CC1. The largest absolute Gasteiger partial charge is 0.466 e. The number of carbonyl (C=O) groups is 1. The molecule has 0 N–H and O–H groups in total. The molecule has 2 aromatic heterocycles. The summed E-state index contributed by atoms with van der Waals surface area (Å²) >= 11 is 0. The minimum Gasteiger partial charge on any atom is -0.466 e. The molecule has 25 heavy (non-hydrogen) atoms. The number of hydrogen-bond donors (Lipinski definition) is 0. The molecule has 2 aromatic rings. The van der Waals surface area contributed by atoms with Crippen molar-refractivity contribution in [1.82, 2.24) is 24.5 Å². The van der Waals surface area contributed by atoms with Gasteiger partial charge in [-0.15, -0.1) is 0 Å². The molecule has 1 fully saturated rings. The molecule has 8 heteroatoms. The van der Waals surface area contributed by atoms with Gasteiger partial charge in [-0.1, -0.05) is 6.92 Å². The van der Waals surface area contributed by atoms with Crippen molar-refractivity contribution in [1.29, 1.82) is 0 Å². The van der Waals surface area contributed by atoms with Crippen LogP contribution in [0.5, 0.6) is 0 Å². The third-order valence-electron chi connectivity index (χ3n) is 4.71. The van der Waals surface area contributed by atoms with Crippen LogP contribution in [0.3, 0.4) is 0 Å². The van der Waals surface area contributed by atoms with Gasteiger partial charge in [-0.25, -0.2) is 4.98 Å². The highest BCUT2D eigenvalue weighted by molar-refractivity contribution is 5.70. The van der Waals surface area contributed by atoms with E-state index in [0.29, 0.717) is 25.2 Å². The summed E-state index contributed by atoms with van der Waals surface area (Å²) < 4.78 is 6.88. The van der Waals surface area contributed by atoms with Gasteiger partial charge in [0.1, 0.15) is 12.1 Å². The fourth-order valence-electron chi connectivity index (χ4n) is 3.32. The highest BCUT2D eigenvalue weighted by Gasteiger charge is 2.24. The Bertz CT molecular complexity index is 736. The number of esters is 1. The number of hydrogen-bond acceptors (Lipinski definition) is 7. The summed E-state index contributed by atoms with van der Waals surface area (Å²) in [5, 5.41) is 4.37. The zero-order valence-electron chi connectivity index (χ0n) is 15.2. The van der Waals surface area contributed by atoms with E-state index in [0.717, 1.165) is 49.8 Å². The summed E-state index contributed by atoms with van der Waals surface area (Å²) in [7, 11) is 0. The first-order valence-corrected chi connectivity index (χ1v) is 8.96. The normalized spacial score (nSPS) is 15.7. The summed E-state index contributed by atoms with van der Waals surface area (Å²) in [4.78, 5) is 25.4. The average Bonchev–Trinajstić information content (AvgIpc) is 3.07. The van der Waals surface area contributed by atoms with Crippen LogP contribution in [-0.2, 0) is 16.0 Å². The van der Waals surface area contributed by atoms with Crippen LogP contribution in [0.4, 0.5) is 5.82 Å². The van der Waals surface area contributed by atoms with Crippen LogP contribution in [0.15, 0.2) is 6.33 Å². The molecule has 0 amide bonds. The maximum absolute atomic E-state index is 11.8. The van der Waals surface area contributed by atoms with Gasteiger partial charge in [0.15, 0.2) is 0 Å². The Hall–Kier alpha value is -2.22. The number of carbonyl (C=O) groups excluding carboxylic acids is 1. The Morgan fingerprint density at radius 2 is 2.00 bits per heavy atom. The summed E-state index contributed by atoms with van der Waals surface area (Å²) in [5.74, 6) is 1.44. The lowest BCUT2D eigenvalue weighted by Gasteiger charge is -2.36. The molecule has 0 radical (unpaired) electrons. The van der Waals surface area contributed by atoms with E-state index < -0.39 is 0 Å². The molecule has 0 bridgehead atoms. The zero-order valence-corrected chi connectivity index (χ0v) is 15.2. The lowest BCUT2D eigenvalue weighted by molar-refractivity contribution is -0.143. The smallest absolute Gasteiger partial charge is 0.306 e. The van der Waals surface area contributed by atoms with Gasteiger partial charge >= 0.3 is 5.97 Å². The van der Waals surface area contributed by atoms with E-state index in [-0.39, 0.29) is 5.97 Å². The third-order valence-corrected chi connectivity index (χ3v) is 4.71. The predicted molar refractivity (Wildman–Crippen MR) is 94.8 cm³/mol. The minimum absolute atomic E-state index is 0.178. The van der Waals surface area contributed by atoms with E-state index in [2.05, 4.69) is 31.8 Å². The molecule has 0 atom stereocenters. The number of likely N-dealkylation sites (N-methyl/N-ethyl adjacent to an activating group) is 1. The molecule has 0 spiro atoms. The topological polar surface area (TPSA) is 75.9 Å². The number of anilines is 1. The van der Waals surface area contributed by atoms with E-state index >= 15 is 0 Å². The lowest BCUT2D eigenvalue weighted by atomic mass is 10.1. The van der Waals surface area contributed by atoms with Gasteiger partial charge in [0.2, 0.25) is 0 Å². The van der Waals surface area contributed by atoms with E-state index in [1.165, 1.54) is 6.33 Å². The molecule has 1 aliphatic heterocycles. The van der Waals surface area contributed by atoms with Crippen molar-refractivity contribution in [2.24, 2.45) is 0 Å². The van der Waals surface area contributed by atoms with Gasteiger partial charge in [-0.05, 0) is 26.8 Å². The number of fused-ring (bicyclic) bond motifs is 1. The summed E-state index contributed by atoms with van der Waals surface area (Å²) in [6.45, 7) is 11.4. The van der Waals surface area contributed by atoms with E-state index in [4.69, 9.17) is 4.74 Å². The Kier molecular flexibility index (Phi) is 5.47. The van der Waals surface area contributed by atoms with Crippen molar-refractivity contribution >= 4 is 17.6 Å². The standard InChI is InChI=1S/C17H26N6O2/c1-4-21-8-10-22(11-9-21)16-14(6-7-15(24)25-5-2)13(3)20-17-18-12-19-23(16)17/h12H,4-11H2,1-3H3. The molecule has 8 nitrogen and oxygen atoms in total. The summed E-state index contributed by atoms with van der Waals surface area (Å²) in [5.41, 5.74) is 1.95. The van der Waals surface area contributed by atoms with Crippen molar-refractivity contribution in [3.05, 3.63) is 17.6 Å². The Morgan fingerprint density at radius 1 is 1.24 bits per heavy atom. The van der Waals surface area contributed by atoms with Crippen LogP contribution in [0, 0.1) is 6.92 Å². The highest BCUT2D eigenvalue weighted by Crippen LogP contribution is 2.26. The van der Waals surface area contributed by atoms with Crippen LogP contribution in [0.1, 0.15) is 31.5 Å². The van der Waals surface area contributed by atoms with Gasteiger partial charge in [-0.2, -0.15) is 14.6 Å². The van der Waals surface area contributed by atoms with Gasteiger partial charge in [0, 0.05) is 43.9 Å². The van der Waals surface area contributed by atoms with E-state index in [1.54, 1.807) is 4.52 Å². The van der Waals surface area contributed by atoms with Gasteiger partial charge in [0.25, 0.3) is 5.78 Å². The average molecular weight is 346 g/mol. The lowest BCUT2D eigenvalue weighted by Crippen LogP contribution is -2.47. The minimum atomic E-state index is -0.178. The maximum atomic E-state index is 11.8. The Balaban J connectivity index is 1.92. The molecule has 1 saturated heterocycles. The molecule has 0 saturated carbocycles. The van der Waals surface area contributed by atoms with Crippen LogP contribution in [0.2, 0.25) is 0 Å².